The van der Waals surface area contributed by atoms with Crippen molar-refractivity contribution in [3.63, 3.8) is 0 Å². The predicted octanol–water partition coefficient (Wildman–Crippen LogP) is 2.87. The van der Waals surface area contributed by atoms with E-state index in [4.69, 9.17) is 16.3 Å². The average Bonchev–Trinajstić information content (AvgIpc) is 2.92. The van der Waals surface area contributed by atoms with Crippen LogP contribution in [0.15, 0.2) is 24.3 Å². The minimum Gasteiger partial charge on any atom is -0.376 e. The third-order valence-electron chi connectivity index (χ3n) is 3.00. The van der Waals surface area contributed by atoms with Crippen molar-refractivity contribution < 1.29 is 9.53 Å². The molecular weight excluding hydrogens is 282 g/mol. The summed E-state index contributed by atoms with van der Waals surface area (Å²) in [5.41, 5.74) is 1.07. The summed E-state index contributed by atoms with van der Waals surface area (Å²) < 4.78 is 5.45. The van der Waals surface area contributed by atoms with E-state index in [-0.39, 0.29) is 12.0 Å². The highest BCUT2D eigenvalue weighted by Gasteiger charge is 2.15. The van der Waals surface area contributed by atoms with Gasteiger partial charge < -0.3 is 10.1 Å². The van der Waals surface area contributed by atoms with Crippen LogP contribution in [0.4, 0.5) is 0 Å². The summed E-state index contributed by atoms with van der Waals surface area (Å²) in [6.07, 6.45) is 2.35. The van der Waals surface area contributed by atoms with Crippen molar-refractivity contribution in [2.24, 2.45) is 0 Å². The molecule has 0 aliphatic carbocycles. The first-order valence-corrected chi connectivity index (χ1v) is 7.98. The van der Waals surface area contributed by atoms with Crippen molar-refractivity contribution >= 4 is 29.3 Å². The Balaban J connectivity index is 1.62. The van der Waals surface area contributed by atoms with Crippen LogP contribution in [-0.2, 0) is 15.3 Å². The molecule has 1 saturated heterocycles. The first-order chi connectivity index (χ1) is 9.25. The maximum absolute atomic E-state index is 11.7. The second-order valence-corrected chi connectivity index (χ2v) is 5.92. The fourth-order valence-electron chi connectivity index (χ4n) is 1.95. The summed E-state index contributed by atoms with van der Waals surface area (Å²) in [6, 6.07) is 7.72. The van der Waals surface area contributed by atoms with Crippen molar-refractivity contribution in [3.8, 4) is 0 Å². The Morgan fingerprint density at radius 2 is 2.32 bits per heavy atom. The topological polar surface area (TPSA) is 38.3 Å². The normalized spacial score (nSPS) is 18.5. The summed E-state index contributed by atoms with van der Waals surface area (Å²) in [4.78, 5) is 11.7. The summed E-state index contributed by atoms with van der Waals surface area (Å²) >= 11 is 7.63. The molecule has 1 heterocycles. The molecule has 1 atom stereocenters. The van der Waals surface area contributed by atoms with Crippen molar-refractivity contribution in [1.29, 1.82) is 0 Å². The largest absolute Gasteiger partial charge is 0.376 e. The molecule has 1 aliphatic rings. The molecule has 3 nitrogen and oxygen atoms in total. The van der Waals surface area contributed by atoms with E-state index in [9.17, 15) is 4.79 Å². The lowest BCUT2D eigenvalue weighted by atomic mass is 10.2. The molecule has 0 spiro atoms. The van der Waals surface area contributed by atoms with Gasteiger partial charge in [0.1, 0.15) is 0 Å². The zero-order chi connectivity index (χ0) is 13.5. The lowest BCUT2D eigenvalue weighted by molar-refractivity contribution is -0.119. The van der Waals surface area contributed by atoms with Gasteiger partial charge in [0.15, 0.2) is 0 Å². The summed E-state index contributed by atoms with van der Waals surface area (Å²) in [7, 11) is 0. The lowest BCUT2D eigenvalue weighted by Gasteiger charge is -2.10. The number of benzene rings is 1. The van der Waals surface area contributed by atoms with Gasteiger partial charge in [-0.25, -0.2) is 0 Å². The highest BCUT2D eigenvalue weighted by atomic mass is 35.5. The first-order valence-electron chi connectivity index (χ1n) is 6.45. The second-order valence-electron chi connectivity index (χ2n) is 4.52. The van der Waals surface area contributed by atoms with Gasteiger partial charge in [-0.15, -0.1) is 11.8 Å². The van der Waals surface area contributed by atoms with Crippen LogP contribution in [-0.4, -0.2) is 30.9 Å². The molecule has 1 aliphatic heterocycles. The lowest BCUT2D eigenvalue weighted by Crippen LogP contribution is -2.32. The van der Waals surface area contributed by atoms with Gasteiger partial charge in [0, 0.05) is 23.9 Å². The number of carbonyl (C=O) groups excluding carboxylic acids is 1. The number of nitrogens with one attached hydrogen (secondary N) is 1. The number of halogens is 1. The van der Waals surface area contributed by atoms with Gasteiger partial charge in [0.2, 0.25) is 5.91 Å². The van der Waals surface area contributed by atoms with Crippen LogP contribution in [0.3, 0.4) is 0 Å². The van der Waals surface area contributed by atoms with Crippen molar-refractivity contribution in [2.75, 3.05) is 18.9 Å². The van der Waals surface area contributed by atoms with E-state index in [1.807, 2.05) is 24.3 Å². The highest BCUT2D eigenvalue weighted by molar-refractivity contribution is 7.99. The number of carbonyl (C=O) groups is 1. The molecule has 1 fully saturated rings. The molecule has 1 aromatic carbocycles. The van der Waals surface area contributed by atoms with E-state index in [1.54, 1.807) is 11.8 Å². The molecule has 19 heavy (non-hydrogen) atoms. The minimum absolute atomic E-state index is 0.0625. The number of hydrogen-bond acceptors (Lipinski definition) is 3. The summed E-state index contributed by atoms with van der Waals surface area (Å²) in [5, 5.41) is 3.67. The number of ether oxygens (including phenoxy) is 1. The van der Waals surface area contributed by atoms with Gasteiger partial charge in [-0.2, -0.15) is 0 Å². The van der Waals surface area contributed by atoms with Crippen molar-refractivity contribution in [1.82, 2.24) is 5.32 Å². The first kappa shape index (κ1) is 14.7. The molecule has 0 aromatic heterocycles. The molecule has 1 amide bonds. The third-order valence-corrected chi connectivity index (χ3v) is 4.35. The number of thioether (sulfide) groups is 1. The van der Waals surface area contributed by atoms with E-state index in [0.29, 0.717) is 12.3 Å². The Labute approximate surface area is 123 Å². The molecule has 0 radical (unpaired) electrons. The molecule has 104 valence electrons. The Morgan fingerprint density at radius 3 is 3.05 bits per heavy atom. The molecule has 0 bridgehead atoms. The highest BCUT2D eigenvalue weighted by Crippen LogP contribution is 2.20. The van der Waals surface area contributed by atoms with E-state index in [1.165, 1.54) is 0 Å². The van der Waals surface area contributed by atoms with Crippen LogP contribution in [0, 0.1) is 0 Å². The number of rotatable bonds is 6. The maximum Gasteiger partial charge on any atom is 0.230 e. The van der Waals surface area contributed by atoms with E-state index in [0.717, 1.165) is 35.8 Å². The zero-order valence-corrected chi connectivity index (χ0v) is 12.3. The van der Waals surface area contributed by atoms with Crippen LogP contribution < -0.4 is 5.32 Å². The van der Waals surface area contributed by atoms with E-state index < -0.39 is 0 Å². The quantitative estimate of drug-likeness (QED) is 0.878. The number of hydrogen-bond donors (Lipinski definition) is 1. The molecule has 1 aromatic rings. The number of amides is 1. The van der Waals surface area contributed by atoms with Gasteiger partial charge in [0.05, 0.1) is 11.9 Å². The Bertz CT molecular complexity index is 422. The van der Waals surface area contributed by atoms with Gasteiger partial charge in [-0.1, -0.05) is 29.8 Å². The molecule has 1 N–H and O–H groups in total. The Hall–Kier alpha value is -0.710. The molecule has 2 rings (SSSR count). The standard InChI is InChI=1S/C14H18ClNO2S/c15-13-6-2-1-4-11(13)9-19-10-14(17)16-8-12-5-3-7-18-12/h1-2,4,6,12H,3,5,7-10H2,(H,16,17)/t12-/m1/s1. The Morgan fingerprint density at radius 1 is 1.47 bits per heavy atom. The van der Waals surface area contributed by atoms with Crippen LogP contribution in [0.2, 0.25) is 5.02 Å². The fourth-order valence-corrected chi connectivity index (χ4v) is 3.10. The summed E-state index contributed by atoms with van der Waals surface area (Å²) in [5.74, 6) is 1.28. The second kappa shape index (κ2) is 7.78. The third kappa shape index (κ3) is 5.05. The average molecular weight is 300 g/mol. The molecule has 5 heteroatoms. The van der Waals surface area contributed by atoms with Crippen LogP contribution in [0.5, 0.6) is 0 Å². The molecular formula is C14H18ClNO2S. The minimum atomic E-state index is 0.0625. The summed E-state index contributed by atoms with van der Waals surface area (Å²) in [6.45, 7) is 1.45. The van der Waals surface area contributed by atoms with Crippen LogP contribution in [0.25, 0.3) is 0 Å². The van der Waals surface area contributed by atoms with Crippen LogP contribution in [0.1, 0.15) is 18.4 Å². The Kier molecular flexibility index (Phi) is 6.01. The van der Waals surface area contributed by atoms with Crippen LogP contribution >= 0.6 is 23.4 Å². The van der Waals surface area contributed by atoms with Gasteiger partial charge >= 0.3 is 0 Å². The fraction of sp³-hybridized carbons (Fsp3) is 0.500. The van der Waals surface area contributed by atoms with E-state index in [2.05, 4.69) is 5.32 Å². The zero-order valence-electron chi connectivity index (χ0n) is 10.7. The van der Waals surface area contributed by atoms with E-state index >= 15 is 0 Å². The monoisotopic (exact) mass is 299 g/mol. The van der Waals surface area contributed by atoms with Gasteiger partial charge in [0.25, 0.3) is 0 Å². The predicted molar refractivity (Wildman–Crippen MR) is 79.6 cm³/mol. The maximum atomic E-state index is 11.7. The molecule has 0 unspecified atom stereocenters. The van der Waals surface area contributed by atoms with Crippen molar-refractivity contribution in [2.45, 2.75) is 24.7 Å². The SMILES string of the molecule is O=C(CSCc1ccccc1Cl)NC[C@H]1CCCO1. The van der Waals surface area contributed by atoms with Crippen molar-refractivity contribution in [3.05, 3.63) is 34.9 Å². The smallest absolute Gasteiger partial charge is 0.230 e. The molecule has 0 saturated carbocycles. The van der Waals surface area contributed by atoms with Gasteiger partial charge in [-0.05, 0) is 24.5 Å². The van der Waals surface area contributed by atoms with Gasteiger partial charge in [-0.3, -0.25) is 4.79 Å².